The fourth-order valence-electron chi connectivity index (χ4n) is 2.00. The van der Waals surface area contributed by atoms with E-state index in [1.165, 1.54) is 0 Å². The number of hydrogen-bond acceptors (Lipinski definition) is 6. The van der Waals surface area contributed by atoms with Crippen LogP contribution < -0.4 is 15.4 Å². The molecule has 0 unspecified atom stereocenters. The number of rotatable bonds is 6. The molecule has 3 amide bonds. The summed E-state index contributed by atoms with van der Waals surface area (Å²) in [7, 11) is -4.61. The Kier molecular flexibility index (Phi) is 8.45. The van der Waals surface area contributed by atoms with Gasteiger partial charge in [-0.1, -0.05) is 11.6 Å². The summed E-state index contributed by atoms with van der Waals surface area (Å²) in [6.07, 6.45) is -6.27. The monoisotopic (exact) mass is 487 g/mol. The first-order valence-corrected chi connectivity index (χ1v) is 10.5. The van der Waals surface area contributed by atoms with Crippen LogP contribution in [0.25, 0.3) is 0 Å². The number of carbonyl (C=O) groups is 3. The normalized spacial score (nSPS) is 13.3. The summed E-state index contributed by atoms with van der Waals surface area (Å²) in [5.41, 5.74) is -1.88. The van der Waals surface area contributed by atoms with Crippen molar-refractivity contribution in [2.75, 3.05) is 6.54 Å². The maximum atomic E-state index is 12.8. The highest BCUT2D eigenvalue weighted by molar-refractivity contribution is 7.89. The summed E-state index contributed by atoms with van der Waals surface area (Å²) in [4.78, 5) is 34.4. The number of carbonyl (C=O) groups excluding carboxylic acids is 3. The van der Waals surface area contributed by atoms with Crippen molar-refractivity contribution in [3.63, 3.8) is 0 Å². The zero-order valence-electron chi connectivity index (χ0n) is 16.9. The first kappa shape index (κ1) is 26.7. The molecule has 0 aliphatic heterocycles. The van der Waals surface area contributed by atoms with Crippen LogP contribution in [0, 0.1) is 0 Å². The van der Waals surface area contributed by atoms with Crippen LogP contribution in [0.3, 0.4) is 0 Å². The zero-order valence-corrected chi connectivity index (χ0v) is 18.5. The van der Waals surface area contributed by atoms with Crippen LogP contribution in [0.1, 0.15) is 33.3 Å². The van der Waals surface area contributed by atoms with Gasteiger partial charge in [0.1, 0.15) is 11.4 Å². The number of halogens is 4. The molecule has 1 aromatic carbocycles. The highest BCUT2D eigenvalue weighted by atomic mass is 35.5. The second kappa shape index (κ2) is 9.83. The van der Waals surface area contributed by atoms with Crippen LogP contribution >= 0.6 is 11.6 Å². The van der Waals surface area contributed by atoms with Crippen molar-refractivity contribution in [2.45, 2.75) is 50.4 Å². The zero-order chi connectivity index (χ0) is 24.2. The van der Waals surface area contributed by atoms with Gasteiger partial charge in [-0.3, -0.25) is 14.9 Å². The van der Waals surface area contributed by atoms with Crippen LogP contribution in [-0.2, 0) is 30.5 Å². The molecule has 1 rings (SSSR count). The number of nitrogens with one attached hydrogen (secondary N) is 3. The minimum atomic E-state index is -4.81. The Morgan fingerprint density at radius 3 is 2.26 bits per heavy atom. The molecule has 0 radical (unpaired) electrons. The van der Waals surface area contributed by atoms with Gasteiger partial charge in [0.2, 0.25) is 10.0 Å². The summed E-state index contributed by atoms with van der Waals surface area (Å²) in [6, 6.07) is 0.845. The second-order valence-corrected chi connectivity index (χ2v) is 9.44. The standard InChI is InChI=1S/C17H21ClF3N3O6S/c1-9(14(26)23-15(27)24-16(2,3)4)30-13(25)8-22-31(28,29)12-7-10(17(19,20)21)5-6-11(12)18/h5-7,9,22H,8H2,1-4H3,(H2,23,24,26,27)/t9-/m0/s1. The highest BCUT2D eigenvalue weighted by Crippen LogP contribution is 2.33. The van der Waals surface area contributed by atoms with E-state index in [4.69, 9.17) is 16.3 Å². The first-order valence-electron chi connectivity index (χ1n) is 8.61. The maximum Gasteiger partial charge on any atom is 0.416 e. The molecule has 174 valence electrons. The summed E-state index contributed by atoms with van der Waals surface area (Å²) in [5, 5.41) is 3.89. The van der Waals surface area contributed by atoms with Gasteiger partial charge < -0.3 is 10.1 Å². The van der Waals surface area contributed by atoms with Crippen molar-refractivity contribution in [1.82, 2.24) is 15.4 Å². The van der Waals surface area contributed by atoms with Crippen LogP contribution in [0.15, 0.2) is 23.1 Å². The average Bonchev–Trinajstić information content (AvgIpc) is 2.57. The molecule has 0 heterocycles. The third kappa shape index (κ3) is 8.71. The lowest BCUT2D eigenvalue weighted by atomic mass is 10.1. The van der Waals surface area contributed by atoms with E-state index in [2.05, 4.69) is 5.32 Å². The number of alkyl halides is 3. The quantitative estimate of drug-likeness (QED) is 0.527. The Balaban J connectivity index is 2.73. The van der Waals surface area contributed by atoms with Gasteiger partial charge in [-0.15, -0.1) is 0 Å². The van der Waals surface area contributed by atoms with Crippen molar-refractivity contribution in [3.05, 3.63) is 28.8 Å². The lowest BCUT2D eigenvalue weighted by molar-refractivity contribution is -0.153. The van der Waals surface area contributed by atoms with E-state index in [0.29, 0.717) is 12.1 Å². The third-order valence-corrected chi connectivity index (χ3v) is 5.24. The van der Waals surface area contributed by atoms with Gasteiger partial charge in [0, 0.05) is 5.54 Å². The molecule has 9 nitrogen and oxygen atoms in total. The van der Waals surface area contributed by atoms with Crippen LogP contribution in [0.2, 0.25) is 5.02 Å². The lowest BCUT2D eigenvalue weighted by Gasteiger charge is -2.21. The molecule has 0 aliphatic carbocycles. The maximum absolute atomic E-state index is 12.8. The van der Waals surface area contributed by atoms with E-state index in [0.717, 1.165) is 13.0 Å². The number of benzene rings is 1. The molecule has 0 aliphatic rings. The average molecular weight is 488 g/mol. The summed E-state index contributed by atoms with van der Waals surface area (Å²) >= 11 is 5.67. The number of imide groups is 1. The minimum Gasteiger partial charge on any atom is -0.452 e. The molecule has 0 bridgehead atoms. The van der Waals surface area contributed by atoms with Gasteiger partial charge in [0.05, 0.1) is 10.6 Å². The van der Waals surface area contributed by atoms with Crippen molar-refractivity contribution >= 4 is 39.5 Å². The Morgan fingerprint density at radius 2 is 1.74 bits per heavy atom. The number of ether oxygens (including phenoxy) is 1. The van der Waals surface area contributed by atoms with Gasteiger partial charge in [-0.2, -0.15) is 17.9 Å². The molecular weight excluding hydrogens is 467 g/mol. The molecule has 14 heteroatoms. The van der Waals surface area contributed by atoms with Crippen molar-refractivity contribution < 1.29 is 40.7 Å². The van der Waals surface area contributed by atoms with E-state index in [1.54, 1.807) is 25.5 Å². The summed E-state index contributed by atoms with van der Waals surface area (Å²) in [5.74, 6) is -2.19. The summed E-state index contributed by atoms with van der Waals surface area (Å²) in [6.45, 7) is 5.15. The van der Waals surface area contributed by atoms with Gasteiger partial charge in [-0.25, -0.2) is 13.2 Å². The number of hydrogen-bond donors (Lipinski definition) is 3. The molecule has 1 aromatic rings. The largest absolute Gasteiger partial charge is 0.452 e. The van der Waals surface area contributed by atoms with Gasteiger partial charge in [-0.05, 0) is 45.9 Å². The third-order valence-electron chi connectivity index (χ3n) is 3.36. The van der Waals surface area contributed by atoms with Crippen LogP contribution in [0.4, 0.5) is 18.0 Å². The molecular formula is C17H21ClF3N3O6S. The number of amides is 3. The molecule has 0 fully saturated rings. The molecule has 0 spiro atoms. The number of esters is 1. The van der Waals surface area contributed by atoms with Gasteiger partial charge >= 0.3 is 18.2 Å². The molecule has 0 saturated carbocycles. The summed E-state index contributed by atoms with van der Waals surface area (Å²) < 4.78 is 69.3. The van der Waals surface area contributed by atoms with Crippen molar-refractivity contribution in [1.29, 1.82) is 0 Å². The molecule has 1 atom stereocenters. The van der Waals surface area contributed by atoms with E-state index >= 15 is 0 Å². The Labute approximate surface area is 181 Å². The molecule has 31 heavy (non-hydrogen) atoms. The van der Waals surface area contributed by atoms with Crippen LogP contribution in [-0.4, -0.2) is 44.5 Å². The molecule has 0 aromatic heterocycles. The Bertz CT molecular complexity index is 961. The Hall–Kier alpha value is -2.38. The first-order chi connectivity index (χ1) is 13.9. The second-order valence-electron chi connectivity index (χ2n) is 7.29. The topological polar surface area (TPSA) is 131 Å². The van der Waals surface area contributed by atoms with Crippen molar-refractivity contribution in [2.24, 2.45) is 0 Å². The smallest absolute Gasteiger partial charge is 0.416 e. The predicted octanol–water partition coefficient (Wildman–Crippen LogP) is 2.19. The molecule has 3 N–H and O–H groups in total. The van der Waals surface area contributed by atoms with E-state index < -0.39 is 67.8 Å². The predicted molar refractivity (Wildman–Crippen MR) is 104 cm³/mol. The number of sulfonamides is 1. The SMILES string of the molecule is C[C@H](OC(=O)CNS(=O)(=O)c1cc(C(F)(F)F)ccc1Cl)C(=O)NC(=O)NC(C)(C)C. The molecule has 0 saturated heterocycles. The van der Waals surface area contributed by atoms with Gasteiger partial charge in [0.25, 0.3) is 5.91 Å². The van der Waals surface area contributed by atoms with Crippen LogP contribution in [0.5, 0.6) is 0 Å². The van der Waals surface area contributed by atoms with E-state index in [-0.39, 0.29) is 0 Å². The fourth-order valence-corrected chi connectivity index (χ4v) is 3.49. The van der Waals surface area contributed by atoms with Gasteiger partial charge in [0.15, 0.2) is 6.10 Å². The highest BCUT2D eigenvalue weighted by Gasteiger charge is 2.33. The fraction of sp³-hybridized carbons (Fsp3) is 0.471. The lowest BCUT2D eigenvalue weighted by Crippen LogP contribution is -2.50. The number of urea groups is 1. The van der Waals surface area contributed by atoms with E-state index in [1.807, 2.05) is 5.32 Å². The van der Waals surface area contributed by atoms with E-state index in [9.17, 15) is 36.0 Å². The minimum absolute atomic E-state index is 0.319. The Morgan fingerprint density at radius 1 is 1.16 bits per heavy atom. The van der Waals surface area contributed by atoms with Crippen molar-refractivity contribution in [3.8, 4) is 0 Å².